The molecule has 0 saturated heterocycles. The van der Waals surface area contributed by atoms with Gasteiger partial charge >= 0.3 is 0 Å². The van der Waals surface area contributed by atoms with Gasteiger partial charge in [0.1, 0.15) is 0 Å². The lowest BCUT2D eigenvalue weighted by atomic mass is 10.1. The van der Waals surface area contributed by atoms with E-state index in [-0.39, 0.29) is 0 Å². The van der Waals surface area contributed by atoms with Crippen LogP contribution in [0.5, 0.6) is 0 Å². The standard InChI is InChI=1S/C20H19NO/c1-16(22)17-12-14-20(15-13-17)21(18-8-4-2-5-9-18)19-10-6-3-7-11-19/h2-16,22H,1H3. The van der Waals surface area contributed by atoms with Gasteiger partial charge in [0.15, 0.2) is 0 Å². The molecule has 110 valence electrons. The van der Waals surface area contributed by atoms with Crippen molar-refractivity contribution < 1.29 is 5.11 Å². The molecule has 0 aromatic heterocycles. The SMILES string of the molecule is CC(O)c1ccc(N(c2ccccc2)c2ccccc2)cc1. The minimum atomic E-state index is -0.448. The van der Waals surface area contributed by atoms with Crippen molar-refractivity contribution in [3.63, 3.8) is 0 Å². The van der Waals surface area contributed by atoms with Gasteiger partial charge in [0.2, 0.25) is 0 Å². The third-order valence-corrected chi connectivity index (χ3v) is 3.66. The first-order valence-corrected chi connectivity index (χ1v) is 7.44. The molecule has 1 N–H and O–H groups in total. The van der Waals surface area contributed by atoms with E-state index in [0.717, 1.165) is 22.6 Å². The predicted molar refractivity (Wildman–Crippen MR) is 91.8 cm³/mol. The summed E-state index contributed by atoms with van der Waals surface area (Å²) in [6.45, 7) is 1.78. The summed E-state index contributed by atoms with van der Waals surface area (Å²) in [4.78, 5) is 2.20. The molecule has 1 atom stereocenters. The quantitative estimate of drug-likeness (QED) is 0.712. The molecule has 0 bridgehead atoms. The Balaban J connectivity index is 2.06. The van der Waals surface area contributed by atoms with E-state index in [4.69, 9.17) is 0 Å². The van der Waals surface area contributed by atoms with E-state index in [9.17, 15) is 5.11 Å². The second-order valence-corrected chi connectivity index (χ2v) is 5.27. The van der Waals surface area contributed by atoms with Gasteiger partial charge in [0.25, 0.3) is 0 Å². The second-order valence-electron chi connectivity index (χ2n) is 5.27. The van der Waals surface area contributed by atoms with Crippen molar-refractivity contribution in [3.8, 4) is 0 Å². The van der Waals surface area contributed by atoms with Gasteiger partial charge in [-0.05, 0) is 48.9 Å². The fraction of sp³-hybridized carbons (Fsp3) is 0.100. The third-order valence-electron chi connectivity index (χ3n) is 3.66. The van der Waals surface area contributed by atoms with E-state index in [1.54, 1.807) is 6.92 Å². The van der Waals surface area contributed by atoms with Crippen molar-refractivity contribution in [1.29, 1.82) is 0 Å². The Bertz CT molecular complexity index is 666. The highest BCUT2D eigenvalue weighted by atomic mass is 16.3. The van der Waals surface area contributed by atoms with Crippen LogP contribution < -0.4 is 4.90 Å². The van der Waals surface area contributed by atoms with Crippen molar-refractivity contribution >= 4 is 17.1 Å². The van der Waals surface area contributed by atoms with Crippen LogP contribution >= 0.6 is 0 Å². The lowest BCUT2D eigenvalue weighted by Crippen LogP contribution is -2.09. The number of nitrogens with zero attached hydrogens (tertiary/aromatic N) is 1. The zero-order valence-electron chi connectivity index (χ0n) is 12.6. The summed E-state index contributed by atoms with van der Waals surface area (Å²) in [5.74, 6) is 0. The van der Waals surface area contributed by atoms with E-state index in [0.29, 0.717) is 0 Å². The fourth-order valence-corrected chi connectivity index (χ4v) is 2.50. The van der Waals surface area contributed by atoms with Crippen LogP contribution in [0.2, 0.25) is 0 Å². The Labute approximate surface area is 131 Å². The number of hydrogen-bond acceptors (Lipinski definition) is 2. The first-order valence-electron chi connectivity index (χ1n) is 7.44. The average Bonchev–Trinajstić information content (AvgIpc) is 2.57. The fourth-order valence-electron chi connectivity index (χ4n) is 2.50. The molecule has 3 rings (SSSR count). The third kappa shape index (κ3) is 3.02. The molecule has 22 heavy (non-hydrogen) atoms. The molecule has 0 saturated carbocycles. The van der Waals surface area contributed by atoms with Crippen LogP contribution in [-0.4, -0.2) is 5.11 Å². The van der Waals surface area contributed by atoms with Crippen LogP contribution in [0, 0.1) is 0 Å². The number of para-hydroxylation sites is 2. The number of hydrogen-bond donors (Lipinski definition) is 1. The number of anilines is 3. The van der Waals surface area contributed by atoms with E-state index >= 15 is 0 Å². The molecule has 0 aliphatic heterocycles. The van der Waals surface area contributed by atoms with E-state index in [1.165, 1.54) is 0 Å². The maximum atomic E-state index is 9.67. The van der Waals surface area contributed by atoms with Crippen LogP contribution in [0.4, 0.5) is 17.1 Å². The summed E-state index contributed by atoms with van der Waals surface area (Å²) in [5, 5.41) is 9.67. The van der Waals surface area contributed by atoms with E-state index in [1.807, 2.05) is 60.7 Å². The Kier molecular flexibility index (Phi) is 4.22. The Morgan fingerprint density at radius 2 is 1.05 bits per heavy atom. The van der Waals surface area contributed by atoms with Gasteiger partial charge in [-0.1, -0.05) is 48.5 Å². The van der Waals surface area contributed by atoms with Crippen LogP contribution in [-0.2, 0) is 0 Å². The van der Waals surface area contributed by atoms with Gasteiger partial charge in [-0.3, -0.25) is 0 Å². The lowest BCUT2D eigenvalue weighted by Gasteiger charge is -2.25. The molecule has 0 heterocycles. The van der Waals surface area contributed by atoms with Crippen molar-refractivity contribution in [2.75, 3.05) is 4.90 Å². The molecule has 2 nitrogen and oxygen atoms in total. The van der Waals surface area contributed by atoms with E-state index < -0.39 is 6.10 Å². The topological polar surface area (TPSA) is 23.5 Å². The maximum Gasteiger partial charge on any atom is 0.0761 e. The minimum absolute atomic E-state index is 0.448. The Morgan fingerprint density at radius 3 is 1.45 bits per heavy atom. The molecule has 0 amide bonds. The predicted octanol–water partition coefficient (Wildman–Crippen LogP) is 5.21. The van der Waals surface area contributed by atoms with Gasteiger partial charge in [-0.25, -0.2) is 0 Å². The van der Waals surface area contributed by atoms with Crippen LogP contribution in [0.1, 0.15) is 18.6 Å². The van der Waals surface area contributed by atoms with Crippen molar-refractivity contribution in [2.24, 2.45) is 0 Å². The molecule has 2 heteroatoms. The number of rotatable bonds is 4. The normalized spacial score (nSPS) is 11.9. The maximum absolute atomic E-state index is 9.67. The Morgan fingerprint density at radius 1 is 0.636 bits per heavy atom. The van der Waals surface area contributed by atoms with Crippen LogP contribution in [0.15, 0.2) is 84.9 Å². The van der Waals surface area contributed by atoms with Crippen molar-refractivity contribution in [2.45, 2.75) is 13.0 Å². The summed E-state index contributed by atoms with van der Waals surface area (Å²) in [7, 11) is 0. The zero-order chi connectivity index (χ0) is 15.4. The first kappa shape index (κ1) is 14.4. The molecular weight excluding hydrogens is 270 g/mol. The lowest BCUT2D eigenvalue weighted by molar-refractivity contribution is 0.199. The molecule has 0 aliphatic carbocycles. The largest absolute Gasteiger partial charge is 0.389 e. The number of benzene rings is 3. The van der Waals surface area contributed by atoms with Gasteiger partial charge in [0, 0.05) is 17.1 Å². The summed E-state index contributed by atoms with van der Waals surface area (Å²) in [6, 6.07) is 28.6. The average molecular weight is 289 g/mol. The molecule has 0 spiro atoms. The highest BCUT2D eigenvalue weighted by molar-refractivity contribution is 5.76. The monoisotopic (exact) mass is 289 g/mol. The van der Waals surface area contributed by atoms with Crippen molar-refractivity contribution in [1.82, 2.24) is 0 Å². The molecule has 1 unspecified atom stereocenters. The highest BCUT2D eigenvalue weighted by Crippen LogP contribution is 2.34. The molecular formula is C20H19NO. The van der Waals surface area contributed by atoms with Crippen LogP contribution in [0.25, 0.3) is 0 Å². The van der Waals surface area contributed by atoms with Gasteiger partial charge < -0.3 is 10.0 Å². The Hall–Kier alpha value is -2.58. The highest BCUT2D eigenvalue weighted by Gasteiger charge is 2.11. The zero-order valence-corrected chi connectivity index (χ0v) is 12.6. The second kappa shape index (κ2) is 6.46. The van der Waals surface area contributed by atoms with Crippen LogP contribution in [0.3, 0.4) is 0 Å². The van der Waals surface area contributed by atoms with E-state index in [2.05, 4.69) is 29.2 Å². The summed E-state index contributed by atoms with van der Waals surface area (Å²) in [6.07, 6.45) is -0.448. The minimum Gasteiger partial charge on any atom is -0.389 e. The summed E-state index contributed by atoms with van der Waals surface area (Å²) in [5.41, 5.74) is 4.21. The van der Waals surface area contributed by atoms with Gasteiger partial charge in [-0.15, -0.1) is 0 Å². The molecule has 3 aromatic rings. The van der Waals surface area contributed by atoms with Crippen molar-refractivity contribution in [3.05, 3.63) is 90.5 Å². The van der Waals surface area contributed by atoms with Gasteiger partial charge in [0.05, 0.1) is 6.10 Å². The van der Waals surface area contributed by atoms with Gasteiger partial charge in [-0.2, -0.15) is 0 Å². The first-order chi connectivity index (χ1) is 10.8. The smallest absolute Gasteiger partial charge is 0.0761 e. The summed E-state index contributed by atoms with van der Waals surface area (Å²) >= 11 is 0. The molecule has 3 aromatic carbocycles. The molecule has 0 aliphatic rings. The molecule has 0 fully saturated rings. The molecule has 0 radical (unpaired) electrons. The number of aliphatic hydroxyl groups excluding tert-OH is 1. The summed E-state index contributed by atoms with van der Waals surface area (Å²) < 4.78 is 0. The number of aliphatic hydroxyl groups is 1.